The van der Waals surface area contributed by atoms with Crippen molar-refractivity contribution in [1.29, 1.82) is 0 Å². The molecule has 3 heterocycles. The van der Waals surface area contributed by atoms with Crippen LogP contribution in [0.5, 0.6) is 0 Å². The van der Waals surface area contributed by atoms with E-state index in [2.05, 4.69) is 25.9 Å². The molecule has 5 N–H and O–H groups in total. The predicted molar refractivity (Wildman–Crippen MR) is 126 cm³/mol. The first kappa shape index (κ1) is 21.9. The van der Waals surface area contributed by atoms with Gasteiger partial charge in [0.15, 0.2) is 0 Å². The summed E-state index contributed by atoms with van der Waals surface area (Å²) in [7, 11) is 0. The van der Waals surface area contributed by atoms with Gasteiger partial charge in [-0.3, -0.25) is 9.78 Å². The van der Waals surface area contributed by atoms with Crippen LogP contribution in [0.15, 0.2) is 18.5 Å². The molecule has 1 amide bonds. The highest BCUT2D eigenvalue weighted by Gasteiger charge is 2.45. The number of aliphatic hydroxyl groups is 2. The summed E-state index contributed by atoms with van der Waals surface area (Å²) < 4.78 is 0.998. The Kier molecular flexibility index (Phi) is 5.85. The van der Waals surface area contributed by atoms with Gasteiger partial charge in [-0.25, -0.2) is 9.97 Å². The summed E-state index contributed by atoms with van der Waals surface area (Å²) in [5.41, 5.74) is 2.27. The number of rotatable bonds is 7. The number of aryl methyl sites for hydroxylation is 1. The Morgan fingerprint density at radius 2 is 2.00 bits per heavy atom. The maximum absolute atomic E-state index is 12.4. The van der Waals surface area contributed by atoms with Crippen LogP contribution in [0.4, 0.5) is 11.8 Å². The number of thiazole rings is 1. The van der Waals surface area contributed by atoms with Crippen LogP contribution in [0.1, 0.15) is 31.9 Å². The number of fused-ring (bicyclic) bond motifs is 1. The first-order valence-electron chi connectivity index (χ1n) is 11.2. The summed E-state index contributed by atoms with van der Waals surface area (Å²) in [6.07, 6.45) is 3.63. The first-order valence-corrected chi connectivity index (χ1v) is 12.0. The lowest BCUT2D eigenvalue weighted by atomic mass is 10.0. The quantitative estimate of drug-likeness (QED) is 0.349. The number of amides is 1. The van der Waals surface area contributed by atoms with Gasteiger partial charge in [-0.05, 0) is 39.2 Å². The summed E-state index contributed by atoms with van der Waals surface area (Å²) >= 11 is 1.51. The van der Waals surface area contributed by atoms with Gasteiger partial charge in [0.05, 0.1) is 40.2 Å². The fourth-order valence-corrected chi connectivity index (χ4v) is 5.24. The van der Waals surface area contributed by atoms with Crippen molar-refractivity contribution in [2.45, 2.75) is 57.4 Å². The smallest absolute Gasteiger partial charge is 0.225 e. The minimum Gasteiger partial charge on any atom is -0.390 e. The van der Waals surface area contributed by atoms with Crippen LogP contribution in [-0.4, -0.2) is 66.9 Å². The minimum atomic E-state index is -1.15. The summed E-state index contributed by atoms with van der Waals surface area (Å²) in [5.74, 6) is 0.0754. The lowest BCUT2D eigenvalue weighted by Gasteiger charge is -2.21. The lowest BCUT2D eigenvalue weighted by molar-refractivity contribution is -0.128. The maximum atomic E-state index is 12.4. The first-order chi connectivity index (χ1) is 15.9. The number of nitrogens with one attached hydrogen (secondary N) is 3. The van der Waals surface area contributed by atoms with Gasteiger partial charge >= 0.3 is 0 Å². The van der Waals surface area contributed by atoms with Crippen LogP contribution in [0, 0.1) is 12.8 Å². The molecule has 0 aliphatic heterocycles. The highest BCUT2D eigenvalue weighted by Crippen LogP contribution is 2.38. The molecule has 2 aliphatic carbocycles. The monoisotopic (exact) mass is 469 g/mol. The van der Waals surface area contributed by atoms with Gasteiger partial charge in [-0.15, -0.1) is 11.3 Å². The van der Waals surface area contributed by atoms with Crippen LogP contribution in [0.25, 0.3) is 20.8 Å². The van der Waals surface area contributed by atoms with Gasteiger partial charge in [0, 0.05) is 18.8 Å². The summed E-state index contributed by atoms with van der Waals surface area (Å²) in [6, 6.07) is 1.74. The normalized spacial score (nSPS) is 24.7. The third-order valence-electron chi connectivity index (χ3n) is 6.10. The zero-order chi connectivity index (χ0) is 23.1. The number of pyridine rings is 1. The highest BCUT2D eigenvalue weighted by molar-refractivity contribution is 7.21. The maximum Gasteiger partial charge on any atom is 0.225 e. The van der Waals surface area contributed by atoms with Crippen molar-refractivity contribution < 1.29 is 15.0 Å². The lowest BCUT2D eigenvalue weighted by Crippen LogP contribution is -2.39. The van der Waals surface area contributed by atoms with Gasteiger partial charge < -0.3 is 26.2 Å². The number of carbonyl (C=O) groups is 1. The van der Waals surface area contributed by atoms with Crippen LogP contribution in [0.2, 0.25) is 0 Å². The highest BCUT2D eigenvalue weighted by atomic mass is 32.1. The van der Waals surface area contributed by atoms with Crippen molar-refractivity contribution in [2.24, 2.45) is 5.92 Å². The fourth-order valence-electron chi connectivity index (χ4n) is 4.21. The molecule has 5 rings (SSSR count). The predicted octanol–water partition coefficient (Wildman–Crippen LogP) is 1.69. The number of hydrogen-bond acceptors (Lipinski definition) is 10. The molecule has 4 atom stereocenters. The molecule has 10 nitrogen and oxygen atoms in total. The van der Waals surface area contributed by atoms with Gasteiger partial charge in [-0.2, -0.15) is 4.98 Å². The summed E-state index contributed by atoms with van der Waals surface area (Å²) in [6.45, 7) is 4.19. The van der Waals surface area contributed by atoms with Crippen LogP contribution in [0.3, 0.4) is 0 Å². The van der Waals surface area contributed by atoms with Crippen LogP contribution in [-0.2, 0) is 4.79 Å². The van der Waals surface area contributed by atoms with Crippen molar-refractivity contribution in [2.75, 3.05) is 17.2 Å². The molecule has 2 fully saturated rings. The Morgan fingerprint density at radius 3 is 2.73 bits per heavy atom. The van der Waals surface area contributed by atoms with E-state index in [1.807, 2.05) is 19.9 Å². The molecule has 11 heteroatoms. The molecular formula is C22H27N7O3S. The second-order valence-electron chi connectivity index (χ2n) is 8.61. The molecule has 2 saturated carbocycles. The Bertz CT molecular complexity index is 1150. The Labute approximate surface area is 194 Å². The number of anilines is 2. The van der Waals surface area contributed by atoms with Gasteiger partial charge in [0.25, 0.3) is 0 Å². The zero-order valence-electron chi connectivity index (χ0n) is 18.4. The average molecular weight is 470 g/mol. The summed E-state index contributed by atoms with van der Waals surface area (Å²) in [5, 5.41) is 31.3. The molecule has 2 aliphatic rings. The Hall–Kier alpha value is -2.89. The van der Waals surface area contributed by atoms with Crippen molar-refractivity contribution in [3.8, 4) is 10.6 Å². The van der Waals surface area contributed by atoms with Crippen molar-refractivity contribution in [3.05, 3.63) is 24.2 Å². The molecule has 0 spiro atoms. The van der Waals surface area contributed by atoms with E-state index in [4.69, 9.17) is 9.97 Å². The molecule has 0 aromatic carbocycles. The van der Waals surface area contributed by atoms with Crippen LogP contribution >= 0.6 is 11.3 Å². The van der Waals surface area contributed by atoms with E-state index in [1.165, 1.54) is 11.3 Å². The largest absolute Gasteiger partial charge is 0.390 e. The SMILES string of the molecule is CCNC(=O)[C@H]1C[C@@H](Nc2nc(NC3CC3)nc(C)c2-c2nc3cnccc3s2)[C@H](O)[C@@H]1O. The standard InChI is InChI=1S/C22H27N7O3S/c1-3-24-20(32)12-8-13(18(31)17(12)30)27-19-16(10(2)25-22(29-19)26-11-4-5-11)21-28-14-9-23-7-6-15(14)33-21/h6-7,9,11-13,17-18,30-31H,3-5,8H2,1-2H3,(H,24,32)(H2,25,26,27,29)/t12-,13+,17+,18-/m0/s1. The molecule has 3 aromatic heterocycles. The molecule has 0 saturated heterocycles. The number of aromatic nitrogens is 4. The minimum absolute atomic E-state index is 0.262. The van der Waals surface area contributed by atoms with Crippen molar-refractivity contribution in [1.82, 2.24) is 25.3 Å². The van der Waals surface area contributed by atoms with Crippen molar-refractivity contribution in [3.63, 3.8) is 0 Å². The van der Waals surface area contributed by atoms with E-state index in [0.717, 1.165) is 39.3 Å². The topological polar surface area (TPSA) is 145 Å². The molecule has 0 unspecified atom stereocenters. The van der Waals surface area contributed by atoms with E-state index in [1.54, 1.807) is 12.4 Å². The number of carbonyl (C=O) groups excluding carboxylic acids is 1. The second kappa shape index (κ2) is 8.81. The zero-order valence-corrected chi connectivity index (χ0v) is 19.3. The number of nitrogens with zero attached hydrogens (tertiary/aromatic N) is 4. The molecule has 0 radical (unpaired) electrons. The van der Waals surface area contributed by atoms with Crippen LogP contribution < -0.4 is 16.0 Å². The molecule has 33 heavy (non-hydrogen) atoms. The van der Waals surface area contributed by atoms with Gasteiger partial charge in [-0.1, -0.05) is 0 Å². The van der Waals surface area contributed by atoms with Crippen molar-refractivity contribution >= 4 is 39.2 Å². The second-order valence-corrected chi connectivity index (χ2v) is 9.64. The van der Waals surface area contributed by atoms with E-state index in [-0.39, 0.29) is 12.3 Å². The van der Waals surface area contributed by atoms with E-state index >= 15 is 0 Å². The number of aliphatic hydroxyl groups excluding tert-OH is 2. The molecular weight excluding hydrogens is 442 g/mol. The molecule has 0 bridgehead atoms. The van der Waals surface area contributed by atoms with E-state index in [9.17, 15) is 15.0 Å². The third kappa shape index (κ3) is 4.35. The average Bonchev–Trinajstić information content (AvgIpc) is 3.42. The Morgan fingerprint density at radius 1 is 1.18 bits per heavy atom. The van der Waals surface area contributed by atoms with E-state index < -0.39 is 24.2 Å². The number of hydrogen-bond donors (Lipinski definition) is 5. The Balaban J connectivity index is 1.50. The van der Waals surface area contributed by atoms with Gasteiger partial charge in [0.2, 0.25) is 11.9 Å². The third-order valence-corrected chi connectivity index (χ3v) is 7.15. The van der Waals surface area contributed by atoms with Gasteiger partial charge in [0.1, 0.15) is 22.4 Å². The fraction of sp³-hybridized carbons (Fsp3) is 0.500. The molecule has 3 aromatic rings. The van der Waals surface area contributed by atoms with E-state index in [0.29, 0.717) is 24.4 Å². The summed E-state index contributed by atoms with van der Waals surface area (Å²) in [4.78, 5) is 30.6. The molecule has 174 valence electrons.